The van der Waals surface area contributed by atoms with Gasteiger partial charge in [-0.25, -0.2) is 0 Å². The minimum Gasteiger partial charge on any atom is -0.310 e. The van der Waals surface area contributed by atoms with Gasteiger partial charge in [-0.15, -0.1) is 0 Å². The molecule has 2 nitrogen and oxygen atoms in total. The Morgan fingerprint density at radius 1 is 1.25 bits per heavy atom. The van der Waals surface area contributed by atoms with Crippen molar-refractivity contribution in [1.29, 1.82) is 0 Å². The molecule has 1 N–H and O–H groups in total. The summed E-state index contributed by atoms with van der Waals surface area (Å²) < 4.78 is 1.19. The molecule has 2 rings (SSSR count). The van der Waals surface area contributed by atoms with Crippen molar-refractivity contribution in [3.8, 4) is 0 Å². The van der Waals surface area contributed by atoms with Gasteiger partial charge in [0.05, 0.1) is 0 Å². The topological polar surface area (TPSA) is 15.3 Å². The molecule has 1 aliphatic heterocycles. The Balaban J connectivity index is 1.80. The number of likely N-dealkylation sites (tertiary alicyclic amines) is 1. The van der Waals surface area contributed by atoms with Crippen molar-refractivity contribution >= 4 is 15.9 Å². The molecule has 0 amide bonds. The first-order chi connectivity index (χ1) is 9.36. The van der Waals surface area contributed by atoms with Gasteiger partial charge in [-0.2, -0.15) is 0 Å². The highest BCUT2D eigenvalue weighted by Gasteiger charge is 2.26. The van der Waals surface area contributed by atoms with Crippen LogP contribution in [0.15, 0.2) is 22.7 Å². The highest BCUT2D eigenvalue weighted by molar-refractivity contribution is 9.10. The Bertz CT molecular complexity index is 443. The fraction of sp³-hybridized carbons (Fsp3) is 0.647. The smallest absolute Gasteiger partial charge is 0.0208 e. The van der Waals surface area contributed by atoms with Crippen molar-refractivity contribution in [2.75, 3.05) is 13.1 Å². The summed E-state index contributed by atoms with van der Waals surface area (Å²) in [4.78, 5) is 2.59. The van der Waals surface area contributed by atoms with Gasteiger partial charge in [0.2, 0.25) is 0 Å². The lowest BCUT2D eigenvalue weighted by Crippen LogP contribution is -2.49. The zero-order valence-electron chi connectivity index (χ0n) is 13.2. The summed E-state index contributed by atoms with van der Waals surface area (Å²) in [5, 5.41) is 3.71. The van der Waals surface area contributed by atoms with E-state index in [0.717, 1.165) is 6.54 Å². The molecular formula is C17H27BrN2. The second-order valence-corrected chi connectivity index (χ2v) is 7.75. The molecule has 0 radical (unpaired) electrons. The number of piperidine rings is 1. The zero-order valence-corrected chi connectivity index (χ0v) is 14.8. The maximum atomic E-state index is 3.71. The van der Waals surface area contributed by atoms with E-state index in [-0.39, 0.29) is 0 Å². The molecule has 0 saturated carbocycles. The molecule has 0 spiro atoms. The summed E-state index contributed by atoms with van der Waals surface area (Å²) in [5.41, 5.74) is 3.00. The fourth-order valence-electron chi connectivity index (χ4n) is 2.83. The number of nitrogens with zero attached hydrogens (tertiary/aromatic N) is 1. The first kappa shape index (κ1) is 16.0. The van der Waals surface area contributed by atoms with Gasteiger partial charge in [-0.1, -0.05) is 28.1 Å². The van der Waals surface area contributed by atoms with Gasteiger partial charge in [-0.05, 0) is 57.7 Å². The van der Waals surface area contributed by atoms with Crippen LogP contribution in [0.5, 0.6) is 0 Å². The SMILES string of the molecule is Cc1cc(CNC2CCN(C(C)(C)C)CC2)ccc1Br. The van der Waals surface area contributed by atoms with Gasteiger partial charge in [-0.3, -0.25) is 4.90 Å². The lowest BCUT2D eigenvalue weighted by Gasteiger charge is -2.41. The van der Waals surface area contributed by atoms with Crippen molar-refractivity contribution in [2.45, 2.75) is 58.7 Å². The fourth-order valence-corrected chi connectivity index (χ4v) is 3.08. The van der Waals surface area contributed by atoms with E-state index in [0.29, 0.717) is 11.6 Å². The summed E-state index contributed by atoms with van der Waals surface area (Å²) in [5.74, 6) is 0. The van der Waals surface area contributed by atoms with Crippen molar-refractivity contribution in [3.63, 3.8) is 0 Å². The van der Waals surface area contributed by atoms with Gasteiger partial charge >= 0.3 is 0 Å². The number of aryl methyl sites for hydroxylation is 1. The third kappa shape index (κ3) is 4.31. The third-order valence-electron chi connectivity index (χ3n) is 4.26. The van der Waals surface area contributed by atoms with E-state index in [1.54, 1.807) is 0 Å². The maximum absolute atomic E-state index is 3.71. The van der Waals surface area contributed by atoms with Crippen LogP contribution in [0.2, 0.25) is 0 Å². The van der Waals surface area contributed by atoms with Crippen molar-refractivity contribution in [1.82, 2.24) is 10.2 Å². The predicted octanol–water partition coefficient (Wildman–Crippen LogP) is 4.11. The monoisotopic (exact) mass is 338 g/mol. The zero-order chi connectivity index (χ0) is 14.8. The quantitative estimate of drug-likeness (QED) is 0.892. The summed E-state index contributed by atoms with van der Waals surface area (Å²) in [6.07, 6.45) is 2.51. The first-order valence-corrected chi connectivity index (χ1v) is 8.39. The summed E-state index contributed by atoms with van der Waals surface area (Å²) in [7, 11) is 0. The highest BCUT2D eigenvalue weighted by Crippen LogP contribution is 2.21. The molecule has 3 heteroatoms. The Labute approximate surface area is 132 Å². The second kappa shape index (κ2) is 6.59. The summed E-state index contributed by atoms with van der Waals surface area (Å²) >= 11 is 3.56. The van der Waals surface area contributed by atoms with Crippen LogP contribution in [0.25, 0.3) is 0 Å². The summed E-state index contributed by atoms with van der Waals surface area (Å²) in [6, 6.07) is 7.28. The average Bonchev–Trinajstić information content (AvgIpc) is 2.40. The molecular weight excluding hydrogens is 312 g/mol. The molecule has 1 aromatic rings. The highest BCUT2D eigenvalue weighted by atomic mass is 79.9. The van der Waals surface area contributed by atoms with Crippen LogP contribution in [0, 0.1) is 6.92 Å². The van der Waals surface area contributed by atoms with Gasteiger partial charge < -0.3 is 5.32 Å². The number of benzene rings is 1. The average molecular weight is 339 g/mol. The minimum atomic E-state index is 0.313. The number of halogens is 1. The van der Waals surface area contributed by atoms with Gasteiger partial charge in [0.1, 0.15) is 0 Å². The molecule has 1 saturated heterocycles. The first-order valence-electron chi connectivity index (χ1n) is 7.60. The lowest BCUT2D eigenvalue weighted by molar-refractivity contribution is 0.0960. The van der Waals surface area contributed by atoms with Gasteiger partial charge in [0.15, 0.2) is 0 Å². The molecule has 112 valence electrons. The van der Waals surface area contributed by atoms with Crippen molar-refractivity contribution in [3.05, 3.63) is 33.8 Å². The van der Waals surface area contributed by atoms with E-state index in [1.165, 1.54) is 41.5 Å². The number of rotatable bonds is 3. The molecule has 1 fully saturated rings. The normalized spacial score (nSPS) is 18.4. The molecule has 0 unspecified atom stereocenters. The Hall–Kier alpha value is -0.380. The molecule has 0 bridgehead atoms. The van der Waals surface area contributed by atoms with E-state index in [9.17, 15) is 0 Å². The van der Waals surface area contributed by atoms with Crippen LogP contribution >= 0.6 is 15.9 Å². The molecule has 0 aliphatic carbocycles. The van der Waals surface area contributed by atoms with Crippen molar-refractivity contribution in [2.24, 2.45) is 0 Å². The molecule has 1 heterocycles. The van der Waals surface area contributed by atoms with Gasteiger partial charge in [0.25, 0.3) is 0 Å². The van der Waals surface area contributed by atoms with E-state index >= 15 is 0 Å². The Kier molecular flexibility index (Phi) is 5.27. The molecule has 1 aliphatic rings. The number of nitrogens with one attached hydrogen (secondary N) is 1. The van der Waals surface area contributed by atoms with Crippen molar-refractivity contribution < 1.29 is 0 Å². The largest absolute Gasteiger partial charge is 0.310 e. The van der Waals surface area contributed by atoms with Crippen LogP contribution in [-0.4, -0.2) is 29.6 Å². The lowest BCUT2D eigenvalue weighted by atomic mass is 9.98. The molecule has 1 aromatic carbocycles. The summed E-state index contributed by atoms with van der Waals surface area (Å²) in [6.45, 7) is 12.5. The van der Waals surface area contributed by atoms with E-state index in [2.05, 4.69) is 72.0 Å². The van der Waals surface area contributed by atoms with E-state index in [1.807, 2.05) is 0 Å². The molecule has 20 heavy (non-hydrogen) atoms. The van der Waals surface area contributed by atoms with Gasteiger partial charge in [0, 0.05) is 35.7 Å². The van der Waals surface area contributed by atoms with E-state index in [4.69, 9.17) is 0 Å². The number of hydrogen-bond acceptors (Lipinski definition) is 2. The Morgan fingerprint density at radius 3 is 2.45 bits per heavy atom. The maximum Gasteiger partial charge on any atom is 0.0208 e. The van der Waals surface area contributed by atoms with E-state index < -0.39 is 0 Å². The van der Waals surface area contributed by atoms with Crippen LogP contribution in [0.4, 0.5) is 0 Å². The Morgan fingerprint density at radius 2 is 1.90 bits per heavy atom. The number of hydrogen-bond donors (Lipinski definition) is 1. The van der Waals surface area contributed by atoms with Crippen LogP contribution in [0.1, 0.15) is 44.7 Å². The van der Waals surface area contributed by atoms with Crippen LogP contribution < -0.4 is 5.32 Å². The third-order valence-corrected chi connectivity index (χ3v) is 5.15. The molecule has 0 atom stereocenters. The second-order valence-electron chi connectivity index (χ2n) is 6.90. The standard InChI is InChI=1S/C17H27BrN2/c1-13-11-14(5-6-16(13)18)12-19-15-7-9-20(10-8-15)17(2,3)4/h5-6,11,15,19H,7-10,12H2,1-4H3. The molecule has 0 aromatic heterocycles. The predicted molar refractivity (Wildman–Crippen MR) is 90.1 cm³/mol. The van der Waals surface area contributed by atoms with Crippen LogP contribution in [0.3, 0.4) is 0 Å². The minimum absolute atomic E-state index is 0.313. The van der Waals surface area contributed by atoms with Crippen LogP contribution in [-0.2, 0) is 6.54 Å².